The molecular weight excluding hydrogens is 414 g/mol. The summed E-state index contributed by atoms with van der Waals surface area (Å²) < 4.78 is 35.5. The van der Waals surface area contributed by atoms with Crippen molar-refractivity contribution in [3.63, 3.8) is 0 Å². The van der Waals surface area contributed by atoms with Crippen LogP contribution in [-0.4, -0.2) is 48.9 Å². The zero-order valence-electron chi connectivity index (χ0n) is 16.0. The summed E-state index contributed by atoms with van der Waals surface area (Å²) in [5.74, 6) is 0.335. The number of rotatable bonds is 5. The van der Waals surface area contributed by atoms with Crippen molar-refractivity contribution < 1.29 is 12.8 Å². The molecule has 1 aliphatic heterocycles. The molecule has 1 saturated heterocycles. The van der Waals surface area contributed by atoms with Crippen LogP contribution in [0.2, 0.25) is 5.02 Å². The van der Waals surface area contributed by atoms with Crippen molar-refractivity contribution >= 4 is 44.7 Å². The second-order valence-corrected chi connectivity index (χ2v) is 8.93. The lowest BCUT2D eigenvalue weighted by Gasteiger charge is -2.21. The number of oxazole rings is 1. The predicted octanol–water partition coefficient (Wildman–Crippen LogP) is 3.31. The Morgan fingerprint density at radius 2 is 2.00 bits per heavy atom. The van der Waals surface area contributed by atoms with E-state index in [4.69, 9.17) is 16.0 Å². The molecule has 0 unspecified atom stereocenters. The van der Waals surface area contributed by atoms with Gasteiger partial charge in [0.05, 0.1) is 0 Å². The Labute approximate surface area is 174 Å². The monoisotopic (exact) mass is 435 g/mol. The first-order valence-electron chi connectivity index (χ1n) is 9.49. The third kappa shape index (κ3) is 4.47. The summed E-state index contributed by atoms with van der Waals surface area (Å²) in [5.41, 5.74) is 2.18. The van der Waals surface area contributed by atoms with Crippen LogP contribution in [0.3, 0.4) is 0 Å². The van der Waals surface area contributed by atoms with Gasteiger partial charge in [-0.1, -0.05) is 24.6 Å². The molecule has 29 heavy (non-hydrogen) atoms. The first kappa shape index (κ1) is 19.9. The number of nitrogens with zero attached hydrogens (tertiary/aromatic N) is 4. The number of aromatic nitrogens is 2. The molecule has 3 heterocycles. The lowest BCUT2D eigenvalue weighted by molar-refractivity contribution is 0.436. The molecule has 154 valence electrons. The van der Waals surface area contributed by atoms with Gasteiger partial charge < -0.3 is 9.32 Å². The summed E-state index contributed by atoms with van der Waals surface area (Å²) >= 11 is 6.01. The second kappa shape index (κ2) is 8.17. The van der Waals surface area contributed by atoms with Gasteiger partial charge in [0.1, 0.15) is 11.3 Å². The molecule has 0 amide bonds. The molecule has 0 radical (unpaired) electrons. The Hall–Kier alpha value is -2.36. The third-order valence-corrected chi connectivity index (χ3v) is 6.55. The number of aryl methyl sites for hydroxylation is 1. The van der Waals surface area contributed by atoms with Gasteiger partial charge in [-0.3, -0.25) is 4.72 Å². The zero-order valence-corrected chi connectivity index (χ0v) is 17.6. The Morgan fingerprint density at radius 1 is 1.14 bits per heavy atom. The van der Waals surface area contributed by atoms with Crippen molar-refractivity contribution in [2.24, 2.45) is 0 Å². The summed E-state index contributed by atoms with van der Waals surface area (Å²) in [7, 11) is -3.69. The van der Waals surface area contributed by atoms with Crippen LogP contribution >= 0.6 is 11.6 Å². The summed E-state index contributed by atoms with van der Waals surface area (Å²) in [6, 6.07) is 11.1. The minimum atomic E-state index is -3.69. The number of fused-ring (bicyclic) bond motifs is 1. The van der Waals surface area contributed by atoms with Gasteiger partial charge in [-0.25, -0.2) is 4.98 Å². The van der Waals surface area contributed by atoms with Gasteiger partial charge in [-0.15, -0.1) is 0 Å². The highest BCUT2D eigenvalue weighted by Crippen LogP contribution is 2.25. The van der Waals surface area contributed by atoms with Crippen molar-refractivity contribution in [2.45, 2.75) is 19.8 Å². The summed E-state index contributed by atoms with van der Waals surface area (Å²) in [6.07, 6.45) is 1.40. The van der Waals surface area contributed by atoms with Crippen LogP contribution in [0.15, 0.2) is 40.8 Å². The molecule has 10 heteroatoms. The molecule has 1 fully saturated rings. The maximum atomic E-state index is 12.8. The largest absolute Gasteiger partial charge is 0.423 e. The number of pyridine rings is 1. The number of halogens is 1. The van der Waals surface area contributed by atoms with Gasteiger partial charge in [0, 0.05) is 36.9 Å². The van der Waals surface area contributed by atoms with E-state index in [-0.39, 0.29) is 0 Å². The molecule has 3 aromatic rings. The molecule has 0 spiro atoms. The quantitative estimate of drug-likeness (QED) is 0.661. The van der Waals surface area contributed by atoms with Crippen LogP contribution in [0.4, 0.5) is 11.8 Å². The molecule has 4 rings (SSSR count). The standard InChI is InChI=1S/C19H22ClN5O3S/c1-2-15-5-3-6-18(21-15)23-29(26,27)25-10-4-9-24(11-12-25)19-22-16-13-14(20)7-8-17(16)28-19/h3,5-8,13H,2,4,9-12H2,1H3,(H,21,23). The molecular formula is C19H22ClN5O3S. The lowest BCUT2D eigenvalue weighted by Crippen LogP contribution is -2.39. The normalized spacial score (nSPS) is 16.1. The van der Waals surface area contributed by atoms with Gasteiger partial charge in [0.25, 0.3) is 6.01 Å². The summed E-state index contributed by atoms with van der Waals surface area (Å²) in [6.45, 7) is 3.83. The van der Waals surface area contributed by atoms with Crippen LogP contribution in [0.5, 0.6) is 0 Å². The van der Waals surface area contributed by atoms with Crippen molar-refractivity contribution in [2.75, 3.05) is 35.8 Å². The number of anilines is 2. The van der Waals surface area contributed by atoms with E-state index in [2.05, 4.69) is 14.7 Å². The fraction of sp³-hybridized carbons (Fsp3) is 0.368. The van der Waals surface area contributed by atoms with Crippen LogP contribution < -0.4 is 9.62 Å². The average molecular weight is 436 g/mol. The van der Waals surface area contributed by atoms with E-state index in [1.54, 1.807) is 30.3 Å². The number of nitrogens with one attached hydrogen (secondary N) is 1. The van der Waals surface area contributed by atoms with Crippen molar-refractivity contribution in [1.82, 2.24) is 14.3 Å². The minimum absolute atomic E-state index is 0.322. The van der Waals surface area contributed by atoms with E-state index >= 15 is 0 Å². The van der Waals surface area contributed by atoms with E-state index in [9.17, 15) is 8.42 Å². The van der Waals surface area contributed by atoms with Crippen LogP contribution in [0.1, 0.15) is 19.0 Å². The SMILES string of the molecule is CCc1cccc(NS(=O)(=O)N2CCCN(c3nc4cc(Cl)ccc4o3)CC2)n1. The van der Waals surface area contributed by atoms with Crippen LogP contribution in [0.25, 0.3) is 11.1 Å². The fourth-order valence-corrected chi connectivity index (χ4v) is 4.64. The highest BCUT2D eigenvalue weighted by atomic mass is 35.5. The third-order valence-electron chi connectivity index (χ3n) is 4.81. The van der Waals surface area contributed by atoms with Gasteiger partial charge >= 0.3 is 10.2 Å². The summed E-state index contributed by atoms with van der Waals surface area (Å²) in [5, 5.41) is 0.595. The Kier molecular flexibility index (Phi) is 5.62. The van der Waals surface area contributed by atoms with E-state index < -0.39 is 10.2 Å². The van der Waals surface area contributed by atoms with Gasteiger partial charge in [-0.05, 0) is 43.2 Å². The van der Waals surface area contributed by atoms with Crippen molar-refractivity contribution in [3.05, 3.63) is 47.1 Å². The fourth-order valence-electron chi connectivity index (χ4n) is 3.28. The molecule has 8 nitrogen and oxygen atoms in total. The van der Waals surface area contributed by atoms with Crippen molar-refractivity contribution in [1.29, 1.82) is 0 Å². The van der Waals surface area contributed by atoms with Gasteiger partial charge in [-0.2, -0.15) is 17.7 Å². The maximum Gasteiger partial charge on any atom is 0.302 e. The first-order valence-corrected chi connectivity index (χ1v) is 11.3. The summed E-state index contributed by atoms with van der Waals surface area (Å²) in [4.78, 5) is 10.8. The predicted molar refractivity (Wildman–Crippen MR) is 114 cm³/mol. The molecule has 1 aliphatic rings. The number of hydrogen-bond acceptors (Lipinski definition) is 6. The molecule has 0 aliphatic carbocycles. The zero-order chi connectivity index (χ0) is 20.4. The van der Waals surface area contributed by atoms with E-state index in [1.807, 2.05) is 17.9 Å². The molecule has 0 bridgehead atoms. The van der Waals surface area contributed by atoms with Crippen LogP contribution in [-0.2, 0) is 16.6 Å². The van der Waals surface area contributed by atoms with E-state index in [1.165, 1.54) is 4.31 Å². The topological polar surface area (TPSA) is 91.6 Å². The number of benzene rings is 1. The highest BCUT2D eigenvalue weighted by Gasteiger charge is 2.27. The molecule has 1 N–H and O–H groups in total. The second-order valence-electron chi connectivity index (χ2n) is 6.82. The first-order chi connectivity index (χ1) is 13.9. The molecule has 0 saturated carbocycles. The molecule has 2 aromatic heterocycles. The maximum absolute atomic E-state index is 12.8. The lowest BCUT2D eigenvalue weighted by atomic mass is 10.3. The Morgan fingerprint density at radius 3 is 2.83 bits per heavy atom. The van der Waals surface area contributed by atoms with Crippen molar-refractivity contribution in [3.8, 4) is 0 Å². The Balaban J connectivity index is 1.47. The highest BCUT2D eigenvalue weighted by molar-refractivity contribution is 7.90. The minimum Gasteiger partial charge on any atom is -0.423 e. The Bertz CT molecular complexity index is 1120. The van der Waals surface area contributed by atoms with E-state index in [0.29, 0.717) is 60.6 Å². The average Bonchev–Trinajstić information content (AvgIpc) is 2.94. The van der Waals surface area contributed by atoms with Gasteiger partial charge in [0.2, 0.25) is 0 Å². The van der Waals surface area contributed by atoms with Gasteiger partial charge in [0.15, 0.2) is 5.58 Å². The molecule has 1 aromatic carbocycles. The smallest absolute Gasteiger partial charge is 0.302 e. The molecule has 0 atom stereocenters. The van der Waals surface area contributed by atoms with Crippen LogP contribution in [0, 0.1) is 0 Å². The van der Waals surface area contributed by atoms with E-state index in [0.717, 1.165) is 12.1 Å². The number of hydrogen-bond donors (Lipinski definition) is 1.